The van der Waals surface area contributed by atoms with Gasteiger partial charge in [-0.3, -0.25) is 0 Å². The number of hydrogen-bond acceptors (Lipinski definition) is 4. The molecule has 0 aromatic carbocycles. The third-order valence-electron chi connectivity index (χ3n) is 2.12. The molecule has 0 spiro atoms. The molecule has 1 heterocycles. The predicted octanol–water partition coefficient (Wildman–Crippen LogP) is 3.23. The summed E-state index contributed by atoms with van der Waals surface area (Å²) in [7, 11) is 0. The van der Waals surface area contributed by atoms with Crippen molar-refractivity contribution in [2.45, 2.75) is 26.1 Å². The van der Waals surface area contributed by atoms with Crippen LogP contribution < -0.4 is 5.32 Å². The quantitative estimate of drug-likeness (QED) is 0.856. The minimum Gasteiger partial charge on any atom is -0.357 e. The summed E-state index contributed by atoms with van der Waals surface area (Å²) < 4.78 is 36.7. The highest BCUT2D eigenvalue weighted by molar-refractivity contribution is 7.15. The van der Waals surface area contributed by atoms with E-state index >= 15 is 0 Å². The van der Waals surface area contributed by atoms with E-state index < -0.39 is 11.2 Å². The van der Waals surface area contributed by atoms with Crippen molar-refractivity contribution in [2.75, 3.05) is 11.2 Å². The molecule has 8 heteroatoms. The first-order valence-corrected chi connectivity index (χ1v) is 5.93. The summed E-state index contributed by atoms with van der Waals surface area (Å²) >= 11 is 6.13. The van der Waals surface area contributed by atoms with Gasteiger partial charge in [0.25, 0.3) is 0 Å². The molecule has 0 aliphatic carbocycles. The van der Waals surface area contributed by atoms with E-state index in [9.17, 15) is 13.2 Å². The van der Waals surface area contributed by atoms with Crippen molar-refractivity contribution in [1.29, 1.82) is 0 Å². The molecule has 0 bridgehead atoms. The Labute approximate surface area is 100 Å². The van der Waals surface area contributed by atoms with Gasteiger partial charge in [-0.2, -0.15) is 13.2 Å². The second kappa shape index (κ2) is 5.18. The normalized spacial score (nSPS) is 15.9. The Kier molecular flexibility index (Phi) is 4.37. The first-order chi connectivity index (χ1) is 7.34. The number of nitrogens with one attached hydrogen (secondary N) is 1. The molecule has 1 aromatic rings. The summed E-state index contributed by atoms with van der Waals surface area (Å²) in [6, 6.07) is -0.0495. The van der Waals surface area contributed by atoms with E-state index in [2.05, 4.69) is 15.5 Å². The molecule has 0 saturated heterocycles. The molecule has 1 aromatic heterocycles. The van der Waals surface area contributed by atoms with Crippen LogP contribution in [-0.4, -0.2) is 22.1 Å². The van der Waals surface area contributed by atoms with Crippen LogP contribution in [0.3, 0.4) is 0 Å². The summed E-state index contributed by atoms with van der Waals surface area (Å²) in [6.07, 6.45) is -4.43. The number of halogens is 4. The van der Waals surface area contributed by atoms with E-state index in [0.29, 0.717) is 17.2 Å². The standard InChI is InChI=1S/C8H11ClF3N3S/c1-4(3-9)5(2)13-7-15-14-6(16-7)8(10,11)12/h4-5H,3H2,1-2H3,(H,13,15). The van der Waals surface area contributed by atoms with Crippen molar-refractivity contribution in [3.05, 3.63) is 5.01 Å². The molecule has 0 radical (unpaired) electrons. The van der Waals surface area contributed by atoms with Gasteiger partial charge in [-0.1, -0.05) is 18.3 Å². The van der Waals surface area contributed by atoms with Crippen LogP contribution in [0.4, 0.5) is 18.3 Å². The molecule has 0 saturated carbocycles. The Balaban J connectivity index is 2.66. The molecule has 1 rings (SSSR count). The van der Waals surface area contributed by atoms with Crippen LogP contribution in [0.25, 0.3) is 0 Å². The Morgan fingerprint density at radius 3 is 2.44 bits per heavy atom. The zero-order valence-corrected chi connectivity index (χ0v) is 10.2. The van der Waals surface area contributed by atoms with Gasteiger partial charge in [0.05, 0.1) is 0 Å². The van der Waals surface area contributed by atoms with Crippen molar-refractivity contribution in [3.63, 3.8) is 0 Å². The minimum absolute atomic E-state index is 0.0495. The average molecular weight is 274 g/mol. The third kappa shape index (κ3) is 3.48. The Bertz CT molecular complexity index is 342. The van der Waals surface area contributed by atoms with E-state index in [1.165, 1.54) is 0 Å². The van der Waals surface area contributed by atoms with Crippen molar-refractivity contribution in [2.24, 2.45) is 5.92 Å². The van der Waals surface area contributed by atoms with Gasteiger partial charge in [0.2, 0.25) is 10.1 Å². The molecule has 92 valence electrons. The molecule has 0 fully saturated rings. The number of anilines is 1. The summed E-state index contributed by atoms with van der Waals surface area (Å²) in [6.45, 7) is 3.73. The number of nitrogens with zero attached hydrogens (tertiary/aromatic N) is 2. The molecule has 3 nitrogen and oxygen atoms in total. The summed E-state index contributed by atoms with van der Waals surface area (Å²) in [5, 5.41) is 8.57. The smallest absolute Gasteiger partial charge is 0.357 e. The topological polar surface area (TPSA) is 37.8 Å². The Morgan fingerprint density at radius 1 is 1.38 bits per heavy atom. The molecule has 1 N–H and O–H groups in total. The van der Waals surface area contributed by atoms with Crippen LogP contribution in [0.15, 0.2) is 0 Å². The molecular weight excluding hydrogens is 263 g/mol. The molecule has 16 heavy (non-hydrogen) atoms. The van der Waals surface area contributed by atoms with E-state index in [1.807, 2.05) is 13.8 Å². The fraction of sp³-hybridized carbons (Fsp3) is 0.750. The van der Waals surface area contributed by atoms with E-state index in [0.717, 1.165) is 0 Å². The SMILES string of the molecule is CC(CCl)C(C)Nc1nnc(C(F)(F)F)s1. The van der Waals surface area contributed by atoms with Gasteiger partial charge in [0, 0.05) is 11.9 Å². The predicted molar refractivity (Wildman–Crippen MR) is 57.9 cm³/mol. The van der Waals surface area contributed by atoms with Crippen LogP contribution in [0, 0.1) is 5.92 Å². The van der Waals surface area contributed by atoms with Gasteiger partial charge in [-0.05, 0) is 12.8 Å². The number of rotatable bonds is 4. The van der Waals surface area contributed by atoms with E-state index in [-0.39, 0.29) is 17.1 Å². The first kappa shape index (κ1) is 13.5. The third-order valence-corrected chi connectivity index (χ3v) is 3.50. The fourth-order valence-corrected chi connectivity index (χ4v) is 1.84. The average Bonchev–Trinajstić information content (AvgIpc) is 2.64. The van der Waals surface area contributed by atoms with Crippen LogP contribution in [0.1, 0.15) is 18.9 Å². The van der Waals surface area contributed by atoms with Crippen LogP contribution >= 0.6 is 22.9 Å². The van der Waals surface area contributed by atoms with Crippen molar-refractivity contribution in [1.82, 2.24) is 10.2 Å². The van der Waals surface area contributed by atoms with Gasteiger partial charge in [-0.15, -0.1) is 21.8 Å². The van der Waals surface area contributed by atoms with Crippen molar-refractivity contribution < 1.29 is 13.2 Å². The minimum atomic E-state index is -4.43. The van der Waals surface area contributed by atoms with Crippen LogP contribution in [-0.2, 0) is 6.18 Å². The molecule has 0 aliphatic heterocycles. The zero-order valence-electron chi connectivity index (χ0n) is 8.68. The monoisotopic (exact) mass is 273 g/mol. The van der Waals surface area contributed by atoms with Gasteiger partial charge >= 0.3 is 6.18 Å². The van der Waals surface area contributed by atoms with Crippen molar-refractivity contribution >= 4 is 28.1 Å². The van der Waals surface area contributed by atoms with Crippen LogP contribution in [0.2, 0.25) is 0 Å². The summed E-state index contributed by atoms with van der Waals surface area (Å²) in [4.78, 5) is 0. The maximum Gasteiger partial charge on any atom is 0.445 e. The van der Waals surface area contributed by atoms with Gasteiger partial charge in [-0.25, -0.2) is 0 Å². The van der Waals surface area contributed by atoms with Crippen LogP contribution in [0.5, 0.6) is 0 Å². The molecular formula is C8H11ClF3N3S. The summed E-state index contributed by atoms with van der Waals surface area (Å²) in [5.41, 5.74) is 0. The maximum atomic E-state index is 12.2. The molecule has 2 unspecified atom stereocenters. The summed E-state index contributed by atoms with van der Waals surface area (Å²) in [5.74, 6) is 0.568. The van der Waals surface area contributed by atoms with Gasteiger partial charge in [0.1, 0.15) is 0 Å². The van der Waals surface area contributed by atoms with Crippen molar-refractivity contribution in [3.8, 4) is 0 Å². The maximum absolute atomic E-state index is 12.2. The van der Waals surface area contributed by atoms with E-state index in [4.69, 9.17) is 11.6 Å². The zero-order chi connectivity index (χ0) is 12.3. The molecule has 0 amide bonds. The highest BCUT2D eigenvalue weighted by Gasteiger charge is 2.35. The number of hydrogen-bond donors (Lipinski definition) is 1. The lowest BCUT2D eigenvalue weighted by Crippen LogP contribution is -2.24. The van der Waals surface area contributed by atoms with E-state index in [1.54, 1.807) is 0 Å². The number of aromatic nitrogens is 2. The highest BCUT2D eigenvalue weighted by Crippen LogP contribution is 2.33. The first-order valence-electron chi connectivity index (χ1n) is 4.57. The fourth-order valence-electron chi connectivity index (χ4n) is 0.867. The molecule has 2 atom stereocenters. The highest BCUT2D eigenvalue weighted by atomic mass is 35.5. The number of alkyl halides is 4. The largest absolute Gasteiger partial charge is 0.445 e. The second-order valence-corrected chi connectivity index (χ2v) is 4.76. The second-order valence-electron chi connectivity index (χ2n) is 3.47. The lowest BCUT2D eigenvalue weighted by molar-refractivity contribution is -0.138. The van der Waals surface area contributed by atoms with Gasteiger partial charge < -0.3 is 5.32 Å². The lowest BCUT2D eigenvalue weighted by atomic mass is 10.1. The van der Waals surface area contributed by atoms with Gasteiger partial charge in [0.15, 0.2) is 0 Å². The Hall–Kier alpha value is -0.560. The molecule has 0 aliphatic rings. The lowest BCUT2D eigenvalue weighted by Gasteiger charge is -2.17. The Morgan fingerprint density at radius 2 is 2.00 bits per heavy atom.